The molecule has 0 amide bonds. The Bertz CT molecular complexity index is 193. The largest absolute Gasteiger partial charge is 0.396 e. The van der Waals surface area contributed by atoms with Gasteiger partial charge in [0.1, 0.15) is 0 Å². The van der Waals surface area contributed by atoms with Crippen LogP contribution in [0.1, 0.15) is 12.6 Å². The highest BCUT2D eigenvalue weighted by atomic mass is 15.1. The molecule has 0 radical (unpaired) electrons. The topological polar surface area (TPSA) is 66.7 Å². The average molecular weight is 140 g/mol. The second-order valence-electron chi connectivity index (χ2n) is 2.08. The fourth-order valence-electron chi connectivity index (χ4n) is 0.714. The molecule has 0 atom stereocenters. The van der Waals surface area contributed by atoms with Crippen molar-refractivity contribution >= 4 is 5.69 Å². The summed E-state index contributed by atoms with van der Waals surface area (Å²) >= 11 is 0. The summed E-state index contributed by atoms with van der Waals surface area (Å²) in [5.74, 6) is 0. The van der Waals surface area contributed by atoms with Gasteiger partial charge in [-0.2, -0.15) is 5.10 Å². The molecule has 0 fully saturated rings. The van der Waals surface area contributed by atoms with E-state index >= 15 is 0 Å². The van der Waals surface area contributed by atoms with Crippen LogP contribution in [0.5, 0.6) is 0 Å². The highest BCUT2D eigenvalue weighted by Crippen LogP contribution is 2.03. The second-order valence-corrected chi connectivity index (χ2v) is 2.08. The standard InChI is InChI=1S/C6H12N4/c1-2-8-4-6-5(7)3-9-10-6/h3,8H,2,4,7H2,1H3,(H,9,10). The molecule has 0 spiro atoms. The predicted octanol–water partition coefficient (Wildman–Crippen LogP) is 0.101. The molecule has 0 saturated carbocycles. The number of hydrogen-bond donors (Lipinski definition) is 3. The van der Waals surface area contributed by atoms with Gasteiger partial charge in [0.05, 0.1) is 17.6 Å². The molecular formula is C6H12N4. The Morgan fingerprint density at radius 1 is 1.80 bits per heavy atom. The first-order valence-electron chi connectivity index (χ1n) is 3.33. The summed E-state index contributed by atoms with van der Waals surface area (Å²) in [5.41, 5.74) is 7.23. The average Bonchev–Trinajstić information content (AvgIpc) is 2.31. The van der Waals surface area contributed by atoms with Gasteiger partial charge in [0.2, 0.25) is 0 Å². The summed E-state index contributed by atoms with van der Waals surface area (Å²) in [5, 5.41) is 9.73. The summed E-state index contributed by atoms with van der Waals surface area (Å²) in [6.07, 6.45) is 1.62. The quantitative estimate of drug-likeness (QED) is 0.558. The fraction of sp³-hybridized carbons (Fsp3) is 0.500. The normalized spacial score (nSPS) is 10.1. The van der Waals surface area contributed by atoms with E-state index in [0.717, 1.165) is 24.5 Å². The lowest BCUT2D eigenvalue weighted by atomic mass is 10.4. The van der Waals surface area contributed by atoms with Gasteiger partial charge >= 0.3 is 0 Å². The Morgan fingerprint density at radius 2 is 2.60 bits per heavy atom. The van der Waals surface area contributed by atoms with Crippen molar-refractivity contribution < 1.29 is 0 Å². The SMILES string of the molecule is CCNCc1[nH]ncc1N. The van der Waals surface area contributed by atoms with Crippen LogP contribution in [0.15, 0.2) is 6.20 Å². The molecule has 0 aliphatic heterocycles. The molecule has 1 heterocycles. The third-order valence-electron chi connectivity index (χ3n) is 1.30. The lowest BCUT2D eigenvalue weighted by molar-refractivity contribution is 0.709. The first-order chi connectivity index (χ1) is 4.84. The lowest BCUT2D eigenvalue weighted by Crippen LogP contribution is -2.13. The summed E-state index contributed by atoms with van der Waals surface area (Å²) < 4.78 is 0. The minimum atomic E-state index is 0.723. The predicted molar refractivity (Wildman–Crippen MR) is 40.4 cm³/mol. The highest BCUT2D eigenvalue weighted by Gasteiger charge is 1.97. The van der Waals surface area contributed by atoms with Crippen molar-refractivity contribution in [2.75, 3.05) is 12.3 Å². The van der Waals surface area contributed by atoms with Crippen molar-refractivity contribution in [3.05, 3.63) is 11.9 Å². The number of nitrogen functional groups attached to an aromatic ring is 1. The van der Waals surface area contributed by atoms with Gasteiger partial charge in [0.15, 0.2) is 0 Å². The summed E-state index contributed by atoms with van der Waals surface area (Å²) in [7, 11) is 0. The first-order valence-corrected chi connectivity index (χ1v) is 3.33. The van der Waals surface area contributed by atoms with Gasteiger partial charge in [-0.15, -0.1) is 0 Å². The third kappa shape index (κ3) is 1.48. The molecule has 56 valence electrons. The molecule has 0 saturated heterocycles. The van der Waals surface area contributed by atoms with Crippen LogP contribution in [-0.4, -0.2) is 16.7 Å². The number of hydrogen-bond acceptors (Lipinski definition) is 3. The summed E-state index contributed by atoms with van der Waals surface area (Å²) in [6.45, 7) is 3.76. The monoisotopic (exact) mass is 140 g/mol. The lowest BCUT2D eigenvalue weighted by Gasteiger charge is -1.97. The molecule has 0 aliphatic carbocycles. The first kappa shape index (κ1) is 7.08. The maximum absolute atomic E-state index is 5.55. The van der Waals surface area contributed by atoms with Crippen molar-refractivity contribution in [2.45, 2.75) is 13.5 Å². The van der Waals surface area contributed by atoms with E-state index in [9.17, 15) is 0 Å². The van der Waals surface area contributed by atoms with Crippen LogP contribution in [0.25, 0.3) is 0 Å². The Morgan fingerprint density at radius 3 is 3.10 bits per heavy atom. The molecule has 4 heteroatoms. The van der Waals surface area contributed by atoms with Crippen LogP contribution in [0.3, 0.4) is 0 Å². The summed E-state index contributed by atoms with van der Waals surface area (Å²) in [6, 6.07) is 0. The number of rotatable bonds is 3. The van der Waals surface area contributed by atoms with Gasteiger partial charge in [-0.25, -0.2) is 0 Å². The minimum Gasteiger partial charge on any atom is -0.396 e. The molecule has 1 aromatic heterocycles. The zero-order chi connectivity index (χ0) is 7.40. The van der Waals surface area contributed by atoms with Crippen LogP contribution in [0.2, 0.25) is 0 Å². The molecule has 10 heavy (non-hydrogen) atoms. The van der Waals surface area contributed by atoms with E-state index in [1.54, 1.807) is 6.20 Å². The number of nitrogens with zero attached hydrogens (tertiary/aromatic N) is 1. The molecule has 0 unspecified atom stereocenters. The zero-order valence-corrected chi connectivity index (χ0v) is 6.02. The number of H-pyrrole nitrogens is 1. The molecular weight excluding hydrogens is 128 g/mol. The van der Waals surface area contributed by atoms with Gasteiger partial charge in [0.25, 0.3) is 0 Å². The van der Waals surface area contributed by atoms with Gasteiger partial charge < -0.3 is 11.1 Å². The van der Waals surface area contributed by atoms with E-state index in [-0.39, 0.29) is 0 Å². The highest BCUT2D eigenvalue weighted by molar-refractivity contribution is 5.39. The van der Waals surface area contributed by atoms with E-state index in [2.05, 4.69) is 15.5 Å². The van der Waals surface area contributed by atoms with Crippen molar-refractivity contribution in [3.63, 3.8) is 0 Å². The second kappa shape index (κ2) is 3.22. The number of nitrogens with one attached hydrogen (secondary N) is 2. The Labute approximate surface area is 59.8 Å². The molecule has 0 aromatic carbocycles. The van der Waals surface area contributed by atoms with E-state index in [1.165, 1.54) is 0 Å². The maximum Gasteiger partial charge on any atom is 0.0743 e. The number of nitrogens with two attached hydrogens (primary N) is 1. The van der Waals surface area contributed by atoms with Crippen LogP contribution in [-0.2, 0) is 6.54 Å². The van der Waals surface area contributed by atoms with Crippen molar-refractivity contribution in [1.82, 2.24) is 15.5 Å². The molecule has 4 N–H and O–H groups in total. The molecule has 4 nitrogen and oxygen atoms in total. The smallest absolute Gasteiger partial charge is 0.0743 e. The van der Waals surface area contributed by atoms with Crippen LogP contribution in [0.4, 0.5) is 5.69 Å². The van der Waals surface area contributed by atoms with Gasteiger partial charge in [0, 0.05) is 6.54 Å². The number of anilines is 1. The molecule has 1 aromatic rings. The number of aromatic nitrogens is 2. The van der Waals surface area contributed by atoms with E-state index < -0.39 is 0 Å². The van der Waals surface area contributed by atoms with Gasteiger partial charge in [-0.05, 0) is 6.54 Å². The minimum absolute atomic E-state index is 0.723. The maximum atomic E-state index is 5.55. The van der Waals surface area contributed by atoms with Gasteiger partial charge in [-0.1, -0.05) is 6.92 Å². The van der Waals surface area contributed by atoms with E-state index in [1.807, 2.05) is 6.92 Å². The van der Waals surface area contributed by atoms with Crippen molar-refractivity contribution in [2.24, 2.45) is 0 Å². The Kier molecular flexibility index (Phi) is 2.28. The molecule has 0 aliphatic rings. The third-order valence-corrected chi connectivity index (χ3v) is 1.30. The zero-order valence-electron chi connectivity index (χ0n) is 6.02. The van der Waals surface area contributed by atoms with Crippen molar-refractivity contribution in [3.8, 4) is 0 Å². The van der Waals surface area contributed by atoms with Crippen molar-refractivity contribution in [1.29, 1.82) is 0 Å². The van der Waals surface area contributed by atoms with Crippen LogP contribution in [0, 0.1) is 0 Å². The van der Waals surface area contributed by atoms with Gasteiger partial charge in [-0.3, -0.25) is 5.10 Å². The van der Waals surface area contributed by atoms with Crippen LogP contribution >= 0.6 is 0 Å². The van der Waals surface area contributed by atoms with Crippen LogP contribution < -0.4 is 11.1 Å². The molecule has 0 bridgehead atoms. The number of aromatic amines is 1. The Balaban J connectivity index is 2.49. The van der Waals surface area contributed by atoms with E-state index in [0.29, 0.717) is 0 Å². The Hall–Kier alpha value is -1.03. The molecule has 1 rings (SSSR count). The van der Waals surface area contributed by atoms with E-state index in [4.69, 9.17) is 5.73 Å². The summed E-state index contributed by atoms with van der Waals surface area (Å²) in [4.78, 5) is 0. The fourth-order valence-corrected chi connectivity index (χ4v) is 0.714.